The summed E-state index contributed by atoms with van der Waals surface area (Å²) in [6, 6.07) is 14.7. The highest BCUT2D eigenvalue weighted by Crippen LogP contribution is 2.19. The molecular formula is C20H19N3O3. The van der Waals surface area contributed by atoms with Crippen molar-refractivity contribution >= 4 is 16.6 Å². The minimum absolute atomic E-state index is 0.137. The number of ether oxygens (including phenoxy) is 1. The van der Waals surface area contributed by atoms with Gasteiger partial charge in [-0.25, -0.2) is 9.78 Å². The zero-order valence-corrected chi connectivity index (χ0v) is 14.4. The summed E-state index contributed by atoms with van der Waals surface area (Å²) >= 11 is 0. The van der Waals surface area contributed by atoms with Gasteiger partial charge in [-0.2, -0.15) is 0 Å². The Labute approximate surface area is 150 Å². The van der Waals surface area contributed by atoms with Gasteiger partial charge in [0.1, 0.15) is 23.6 Å². The van der Waals surface area contributed by atoms with Crippen LogP contribution in [0.15, 0.2) is 70.1 Å². The second-order valence-electron chi connectivity index (χ2n) is 6.25. The molecule has 0 fully saturated rings. The molecule has 0 saturated heterocycles. The minimum Gasteiger partial charge on any atom is -0.492 e. The maximum Gasteiger partial charge on any atom is 0.336 e. The molecule has 26 heavy (non-hydrogen) atoms. The van der Waals surface area contributed by atoms with Gasteiger partial charge in [0.15, 0.2) is 0 Å². The second-order valence-corrected chi connectivity index (χ2v) is 6.25. The van der Waals surface area contributed by atoms with Crippen LogP contribution >= 0.6 is 0 Å². The predicted octanol–water partition coefficient (Wildman–Crippen LogP) is 3.00. The smallest absolute Gasteiger partial charge is 0.336 e. The average molecular weight is 349 g/mol. The molecule has 132 valence electrons. The highest BCUT2D eigenvalue weighted by molar-refractivity contribution is 5.77. The SMILES string of the molecule is CC(COc1ccc2ccc(=O)oc2c1)NCc1cn2ccccc2n1. The van der Waals surface area contributed by atoms with Crippen molar-refractivity contribution in [1.82, 2.24) is 14.7 Å². The van der Waals surface area contributed by atoms with Gasteiger partial charge in [0.25, 0.3) is 0 Å². The molecule has 3 aromatic heterocycles. The van der Waals surface area contributed by atoms with Crippen molar-refractivity contribution in [2.45, 2.75) is 19.5 Å². The predicted molar refractivity (Wildman–Crippen MR) is 99.5 cm³/mol. The molecule has 0 aliphatic heterocycles. The number of nitrogens with zero attached hydrogens (tertiary/aromatic N) is 2. The number of hydrogen-bond acceptors (Lipinski definition) is 5. The third kappa shape index (κ3) is 3.60. The molecular weight excluding hydrogens is 330 g/mol. The summed E-state index contributed by atoms with van der Waals surface area (Å²) in [7, 11) is 0. The van der Waals surface area contributed by atoms with Crippen LogP contribution in [0.1, 0.15) is 12.6 Å². The van der Waals surface area contributed by atoms with Crippen molar-refractivity contribution in [2.24, 2.45) is 0 Å². The first-order valence-electron chi connectivity index (χ1n) is 8.50. The van der Waals surface area contributed by atoms with Crippen molar-refractivity contribution in [3.8, 4) is 5.75 Å². The molecule has 0 amide bonds. The van der Waals surface area contributed by atoms with Crippen molar-refractivity contribution in [2.75, 3.05) is 6.61 Å². The summed E-state index contributed by atoms with van der Waals surface area (Å²) in [6.07, 6.45) is 4.00. The van der Waals surface area contributed by atoms with Gasteiger partial charge in [-0.1, -0.05) is 6.07 Å². The summed E-state index contributed by atoms with van der Waals surface area (Å²) in [5.41, 5.74) is 2.08. The van der Waals surface area contributed by atoms with Crippen LogP contribution in [-0.4, -0.2) is 22.0 Å². The van der Waals surface area contributed by atoms with E-state index in [-0.39, 0.29) is 11.7 Å². The quantitative estimate of drug-likeness (QED) is 0.542. The molecule has 0 radical (unpaired) electrons. The van der Waals surface area contributed by atoms with E-state index < -0.39 is 0 Å². The molecule has 1 N–H and O–H groups in total. The number of imidazole rings is 1. The molecule has 0 saturated carbocycles. The lowest BCUT2D eigenvalue weighted by atomic mass is 10.2. The zero-order valence-electron chi connectivity index (χ0n) is 14.4. The second kappa shape index (κ2) is 7.01. The van der Waals surface area contributed by atoms with Gasteiger partial charge in [0.05, 0.1) is 5.69 Å². The Morgan fingerprint density at radius 3 is 3.00 bits per heavy atom. The number of aromatic nitrogens is 2. The lowest BCUT2D eigenvalue weighted by molar-refractivity contribution is 0.272. The van der Waals surface area contributed by atoms with Crippen LogP contribution in [0, 0.1) is 0 Å². The molecule has 0 aliphatic rings. The first kappa shape index (κ1) is 16.4. The molecule has 0 aliphatic carbocycles. The van der Waals surface area contributed by atoms with Crippen molar-refractivity contribution in [3.63, 3.8) is 0 Å². The van der Waals surface area contributed by atoms with Gasteiger partial charge in [0, 0.05) is 42.5 Å². The normalized spacial score (nSPS) is 12.5. The average Bonchev–Trinajstić information content (AvgIpc) is 3.07. The van der Waals surface area contributed by atoms with Gasteiger partial charge in [-0.05, 0) is 37.3 Å². The van der Waals surface area contributed by atoms with Gasteiger partial charge in [-0.3, -0.25) is 0 Å². The molecule has 4 aromatic rings. The van der Waals surface area contributed by atoms with Crippen molar-refractivity contribution in [3.05, 3.63) is 77.0 Å². The summed E-state index contributed by atoms with van der Waals surface area (Å²) in [5, 5.41) is 4.27. The zero-order chi connectivity index (χ0) is 17.9. The molecule has 3 heterocycles. The number of nitrogens with one attached hydrogen (secondary N) is 1. The van der Waals surface area contributed by atoms with Gasteiger partial charge >= 0.3 is 5.63 Å². The fraction of sp³-hybridized carbons (Fsp3) is 0.200. The number of benzene rings is 1. The number of hydrogen-bond donors (Lipinski definition) is 1. The van der Waals surface area contributed by atoms with Crippen LogP contribution < -0.4 is 15.7 Å². The Bertz CT molecular complexity index is 1070. The standard InChI is InChI=1S/C20H19N3O3/c1-14(21-11-16-12-23-9-3-2-4-19(23)22-16)13-25-17-7-5-15-6-8-20(24)26-18(15)10-17/h2-10,12,14,21H,11,13H2,1H3. The Morgan fingerprint density at radius 2 is 2.12 bits per heavy atom. The third-order valence-electron chi connectivity index (χ3n) is 4.14. The fourth-order valence-electron chi connectivity index (χ4n) is 2.76. The summed E-state index contributed by atoms with van der Waals surface area (Å²) in [4.78, 5) is 15.9. The lowest BCUT2D eigenvalue weighted by Crippen LogP contribution is -2.31. The molecule has 4 rings (SSSR count). The number of pyridine rings is 1. The molecule has 6 nitrogen and oxygen atoms in total. The number of fused-ring (bicyclic) bond motifs is 2. The van der Waals surface area contributed by atoms with E-state index in [4.69, 9.17) is 9.15 Å². The van der Waals surface area contributed by atoms with E-state index in [9.17, 15) is 4.79 Å². The summed E-state index contributed by atoms with van der Waals surface area (Å²) in [5.74, 6) is 0.674. The van der Waals surface area contributed by atoms with Crippen molar-refractivity contribution < 1.29 is 9.15 Å². The van der Waals surface area contributed by atoms with E-state index in [0.29, 0.717) is 24.5 Å². The van der Waals surface area contributed by atoms with Crippen LogP contribution in [0.2, 0.25) is 0 Å². The van der Waals surface area contributed by atoms with E-state index >= 15 is 0 Å². The third-order valence-corrected chi connectivity index (χ3v) is 4.14. The van der Waals surface area contributed by atoms with Crippen LogP contribution in [0.4, 0.5) is 0 Å². The van der Waals surface area contributed by atoms with Crippen LogP contribution in [0.5, 0.6) is 5.75 Å². The lowest BCUT2D eigenvalue weighted by Gasteiger charge is -2.14. The van der Waals surface area contributed by atoms with Crippen molar-refractivity contribution in [1.29, 1.82) is 0 Å². The molecule has 0 spiro atoms. The molecule has 6 heteroatoms. The first-order valence-corrected chi connectivity index (χ1v) is 8.50. The van der Waals surface area contributed by atoms with Crippen LogP contribution in [0.25, 0.3) is 16.6 Å². The first-order chi connectivity index (χ1) is 12.7. The Morgan fingerprint density at radius 1 is 1.23 bits per heavy atom. The molecule has 1 unspecified atom stereocenters. The monoisotopic (exact) mass is 349 g/mol. The van der Waals surface area contributed by atoms with E-state index in [2.05, 4.69) is 17.2 Å². The van der Waals surface area contributed by atoms with E-state index in [0.717, 1.165) is 16.7 Å². The van der Waals surface area contributed by atoms with E-state index in [1.165, 1.54) is 6.07 Å². The molecule has 1 atom stereocenters. The summed E-state index contributed by atoms with van der Waals surface area (Å²) in [6.45, 7) is 3.21. The van der Waals surface area contributed by atoms with E-state index in [1.54, 1.807) is 12.1 Å². The number of rotatable bonds is 6. The Hall–Kier alpha value is -3.12. The van der Waals surface area contributed by atoms with E-state index in [1.807, 2.05) is 47.1 Å². The van der Waals surface area contributed by atoms with Gasteiger partial charge < -0.3 is 18.9 Å². The van der Waals surface area contributed by atoms with Gasteiger partial charge in [0.2, 0.25) is 0 Å². The Balaban J connectivity index is 1.34. The maximum absolute atomic E-state index is 11.3. The largest absolute Gasteiger partial charge is 0.492 e. The topological polar surface area (TPSA) is 68.8 Å². The molecule has 1 aromatic carbocycles. The molecule has 0 bridgehead atoms. The fourth-order valence-corrected chi connectivity index (χ4v) is 2.76. The Kier molecular flexibility index (Phi) is 4.41. The minimum atomic E-state index is -0.364. The highest BCUT2D eigenvalue weighted by Gasteiger charge is 2.07. The van der Waals surface area contributed by atoms with Crippen LogP contribution in [-0.2, 0) is 6.54 Å². The van der Waals surface area contributed by atoms with Crippen LogP contribution in [0.3, 0.4) is 0 Å². The maximum atomic E-state index is 11.3. The highest BCUT2D eigenvalue weighted by atomic mass is 16.5. The van der Waals surface area contributed by atoms with Gasteiger partial charge in [-0.15, -0.1) is 0 Å². The summed E-state index contributed by atoms with van der Waals surface area (Å²) < 4.78 is 13.0.